The second kappa shape index (κ2) is 7.27. The second-order valence-electron chi connectivity index (χ2n) is 4.82. The Kier molecular flexibility index (Phi) is 5.39. The summed E-state index contributed by atoms with van der Waals surface area (Å²) in [4.78, 5) is 11.9. The van der Waals surface area contributed by atoms with Crippen molar-refractivity contribution in [3.05, 3.63) is 58.1 Å². The highest BCUT2D eigenvalue weighted by Gasteiger charge is 2.06. The van der Waals surface area contributed by atoms with Crippen LogP contribution in [0.25, 0.3) is 0 Å². The van der Waals surface area contributed by atoms with Crippen molar-refractivity contribution in [2.45, 2.75) is 20.3 Å². The van der Waals surface area contributed by atoms with Crippen molar-refractivity contribution in [2.75, 3.05) is 11.9 Å². The number of rotatable bonds is 5. The van der Waals surface area contributed by atoms with E-state index in [9.17, 15) is 4.79 Å². The first kappa shape index (κ1) is 15.6. The lowest BCUT2D eigenvalue weighted by Crippen LogP contribution is -2.20. The van der Waals surface area contributed by atoms with E-state index in [0.717, 1.165) is 22.1 Å². The fourth-order valence-electron chi connectivity index (χ4n) is 1.88. The number of anilines is 1. The number of hydrogen-bond donors (Lipinski definition) is 1. The topological polar surface area (TPSA) is 38.3 Å². The third-order valence-electron chi connectivity index (χ3n) is 3.10. The molecule has 2 aromatic rings. The molecule has 1 amide bonds. The number of carbonyl (C=O) groups excluding carboxylic acids is 1. The van der Waals surface area contributed by atoms with E-state index in [1.807, 2.05) is 49.4 Å². The molecule has 1 N–H and O–H groups in total. The van der Waals surface area contributed by atoms with Gasteiger partial charge in [0.2, 0.25) is 0 Å². The summed E-state index contributed by atoms with van der Waals surface area (Å²) in [6.07, 6.45) is 0.988. The Bertz CT molecular complexity index is 623. The Morgan fingerprint density at radius 3 is 2.52 bits per heavy atom. The molecule has 2 rings (SSSR count). The van der Waals surface area contributed by atoms with Gasteiger partial charge in [-0.15, -0.1) is 0 Å². The van der Waals surface area contributed by atoms with Gasteiger partial charge in [-0.05, 0) is 64.7 Å². The molecular weight excluding hydrogens is 330 g/mol. The third-order valence-corrected chi connectivity index (χ3v) is 3.76. The van der Waals surface area contributed by atoms with Crippen LogP contribution in [0.1, 0.15) is 18.1 Å². The van der Waals surface area contributed by atoms with E-state index in [0.29, 0.717) is 5.75 Å². The third kappa shape index (κ3) is 4.60. The molecular formula is C17H18BrNO2. The van der Waals surface area contributed by atoms with E-state index < -0.39 is 0 Å². The van der Waals surface area contributed by atoms with Gasteiger partial charge in [0.15, 0.2) is 6.61 Å². The quantitative estimate of drug-likeness (QED) is 0.873. The van der Waals surface area contributed by atoms with Crippen LogP contribution in [0.3, 0.4) is 0 Å². The van der Waals surface area contributed by atoms with Crippen molar-refractivity contribution in [3.63, 3.8) is 0 Å². The van der Waals surface area contributed by atoms with Gasteiger partial charge in [0.1, 0.15) is 5.75 Å². The summed E-state index contributed by atoms with van der Waals surface area (Å²) in [7, 11) is 0. The highest BCUT2D eigenvalue weighted by molar-refractivity contribution is 9.10. The highest BCUT2D eigenvalue weighted by atomic mass is 79.9. The maximum Gasteiger partial charge on any atom is 0.262 e. The largest absolute Gasteiger partial charge is 0.484 e. The van der Waals surface area contributed by atoms with Gasteiger partial charge in [-0.2, -0.15) is 0 Å². The van der Waals surface area contributed by atoms with Crippen molar-refractivity contribution in [2.24, 2.45) is 0 Å². The SMILES string of the molecule is CCc1ccc(OCC(=O)Nc2ccc(C)cc2Br)cc1. The zero-order valence-corrected chi connectivity index (χ0v) is 13.7. The van der Waals surface area contributed by atoms with Crippen LogP contribution in [-0.4, -0.2) is 12.5 Å². The van der Waals surface area contributed by atoms with E-state index in [1.165, 1.54) is 5.56 Å². The minimum atomic E-state index is -0.181. The maximum atomic E-state index is 11.9. The number of hydrogen-bond acceptors (Lipinski definition) is 2. The predicted octanol–water partition coefficient (Wildman–Crippen LogP) is 4.34. The molecule has 0 atom stereocenters. The molecule has 0 saturated heterocycles. The molecule has 4 heteroatoms. The molecule has 110 valence electrons. The summed E-state index contributed by atoms with van der Waals surface area (Å²) < 4.78 is 6.34. The van der Waals surface area contributed by atoms with Crippen LogP contribution in [0.15, 0.2) is 46.9 Å². The second-order valence-corrected chi connectivity index (χ2v) is 5.67. The van der Waals surface area contributed by atoms with Crippen LogP contribution in [-0.2, 0) is 11.2 Å². The van der Waals surface area contributed by atoms with Crippen molar-refractivity contribution in [1.82, 2.24) is 0 Å². The predicted molar refractivity (Wildman–Crippen MR) is 88.8 cm³/mol. The number of carbonyl (C=O) groups is 1. The number of aryl methyl sites for hydroxylation is 2. The molecule has 2 aromatic carbocycles. The monoisotopic (exact) mass is 347 g/mol. The standard InChI is InChI=1S/C17H18BrNO2/c1-3-13-5-7-14(8-6-13)21-11-17(20)19-16-9-4-12(2)10-15(16)18/h4-10H,3,11H2,1-2H3,(H,19,20). The summed E-state index contributed by atoms with van der Waals surface area (Å²) in [5.41, 5.74) is 3.12. The van der Waals surface area contributed by atoms with E-state index in [1.54, 1.807) is 0 Å². The van der Waals surface area contributed by atoms with Gasteiger partial charge in [-0.3, -0.25) is 4.79 Å². The molecule has 0 fully saturated rings. The van der Waals surface area contributed by atoms with Crippen LogP contribution in [0.2, 0.25) is 0 Å². The minimum absolute atomic E-state index is 0.00815. The molecule has 0 heterocycles. The fourth-order valence-corrected chi connectivity index (χ4v) is 2.47. The number of benzene rings is 2. The summed E-state index contributed by atoms with van der Waals surface area (Å²) in [6, 6.07) is 13.5. The smallest absolute Gasteiger partial charge is 0.262 e. The van der Waals surface area contributed by atoms with E-state index in [4.69, 9.17) is 4.74 Å². The lowest BCUT2D eigenvalue weighted by molar-refractivity contribution is -0.118. The van der Waals surface area contributed by atoms with Gasteiger partial charge in [0, 0.05) is 4.47 Å². The molecule has 0 aliphatic heterocycles. The molecule has 0 aromatic heterocycles. The normalized spacial score (nSPS) is 10.2. The number of amides is 1. The average molecular weight is 348 g/mol. The van der Waals surface area contributed by atoms with Crippen LogP contribution < -0.4 is 10.1 Å². The maximum absolute atomic E-state index is 11.9. The van der Waals surface area contributed by atoms with Crippen molar-refractivity contribution < 1.29 is 9.53 Å². The fraction of sp³-hybridized carbons (Fsp3) is 0.235. The first-order valence-corrected chi connectivity index (χ1v) is 7.65. The highest BCUT2D eigenvalue weighted by Crippen LogP contribution is 2.23. The molecule has 0 spiro atoms. The molecule has 0 unspecified atom stereocenters. The van der Waals surface area contributed by atoms with Gasteiger partial charge in [0.25, 0.3) is 5.91 Å². The van der Waals surface area contributed by atoms with Gasteiger partial charge in [-0.25, -0.2) is 0 Å². The Labute approximate surface area is 133 Å². The zero-order chi connectivity index (χ0) is 15.2. The van der Waals surface area contributed by atoms with Crippen molar-refractivity contribution in [1.29, 1.82) is 0 Å². The Balaban J connectivity index is 1.89. The van der Waals surface area contributed by atoms with Crippen molar-refractivity contribution >= 4 is 27.5 Å². The minimum Gasteiger partial charge on any atom is -0.484 e. The molecule has 0 aliphatic rings. The Morgan fingerprint density at radius 2 is 1.90 bits per heavy atom. The van der Waals surface area contributed by atoms with Crippen LogP contribution in [0.4, 0.5) is 5.69 Å². The molecule has 0 saturated carbocycles. The van der Waals surface area contributed by atoms with Gasteiger partial charge in [-0.1, -0.05) is 25.1 Å². The lowest BCUT2D eigenvalue weighted by Gasteiger charge is -2.09. The summed E-state index contributed by atoms with van der Waals surface area (Å²) >= 11 is 3.43. The molecule has 3 nitrogen and oxygen atoms in total. The molecule has 21 heavy (non-hydrogen) atoms. The Hall–Kier alpha value is -1.81. The van der Waals surface area contributed by atoms with Gasteiger partial charge in [0.05, 0.1) is 5.69 Å². The number of ether oxygens (including phenoxy) is 1. The average Bonchev–Trinajstić information content (AvgIpc) is 2.48. The van der Waals surface area contributed by atoms with Crippen molar-refractivity contribution in [3.8, 4) is 5.75 Å². The van der Waals surface area contributed by atoms with Gasteiger partial charge >= 0.3 is 0 Å². The first-order chi connectivity index (χ1) is 10.1. The van der Waals surface area contributed by atoms with Gasteiger partial charge < -0.3 is 10.1 Å². The Morgan fingerprint density at radius 1 is 1.19 bits per heavy atom. The van der Waals surface area contributed by atoms with Crippen LogP contribution in [0, 0.1) is 6.92 Å². The van der Waals surface area contributed by atoms with E-state index in [-0.39, 0.29) is 12.5 Å². The van der Waals surface area contributed by atoms with E-state index in [2.05, 4.69) is 28.2 Å². The lowest BCUT2D eigenvalue weighted by atomic mass is 10.2. The number of halogens is 1. The van der Waals surface area contributed by atoms with E-state index >= 15 is 0 Å². The zero-order valence-electron chi connectivity index (χ0n) is 12.2. The summed E-state index contributed by atoms with van der Waals surface area (Å²) in [5, 5.41) is 2.82. The first-order valence-electron chi connectivity index (χ1n) is 6.86. The number of nitrogens with one attached hydrogen (secondary N) is 1. The van der Waals surface area contributed by atoms with Crippen LogP contribution >= 0.6 is 15.9 Å². The molecule has 0 aliphatic carbocycles. The summed E-state index contributed by atoms with van der Waals surface area (Å²) in [5.74, 6) is 0.518. The molecule has 0 radical (unpaired) electrons. The summed E-state index contributed by atoms with van der Waals surface area (Å²) in [6.45, 7) is 4.09. The van der Waals surface area contributed by atoms with Crippen LogP contribution in [0.5, 0.6) is 5.75 Å². The molecule has 0 bridgehead atoms.